The summed E-state index contributed by atoms with van der Waals surface area (Å²) < 4.78 is 74.4. The van der Waals surface area contributed by atoms with Crippen molar-refractivity contribution < 1.29 is 25.6 Å². The van der Waals surface area contributed by atoms with Crippen molar-refractivity contribution in [3.63, 3.8) is 0 Å². The Hall–Kier alpha value is -1.06. The molecule has 5 nitrogen and oxygen atoms in total. The molecule has 1 aromatic carbocycles. The Labute approximate surface area is 109 Å². The third-order valence-corrected chi connectivity index (χ3v) is 6.06. The Kier molecular flexibility index (Phi) is 3.63. The number of hydrogen-bond donors (Lipinski definition) is 1. The predicted molar refractivity (Wildman–Crippen MR) is 63.7 cm³/mol. The van der Waals surface area contributed by atoms with Gasteiger partial charge in [0.1, 0.15) is 16.5 Å². The van der Waals surface area contributed by atoms with Crippen molar-refractivity contribution in [1.82, 2.24) is 4.72 Å². The highest BCUT2D eigenvalue weighted by Gasteiger charge is 2.32. The van der Waals surface area contributed by atoms with Gasteiger partial charge in [0.25, 0.3) is 0 Å². The molecule has 19 heavy (non-hydrogen) atoms. The normalized spacial score (nSPS) is 22.5. The number of halogens is 2. The molecule has 9 heteroatoms. The van der Waals surface area contributed by atoms with Gasteiger partial charge in [-0.1, -0.05) is 0 Å². The van der Waals surface area contributed by atoms with E-state index in [1.807, 2.05) is 0 Å². The van der Waals surface area contributed by atoms with Crippen molar-refractivity contribution in [2.24, 2.45) is 0 Å². The Morgan fingerprint density at radius 3 is 2.47 bits per heavy atom. The van der Waals surface area contributed by atoms with E-state index < -0.39 is 42.4 Å². The van der Waals surface area contributed by atoms with E-state index in [1.54, 1.807) is 0 Å². The van der Waals surface area contributed by atoms with Crippen LogP contribution >= 0.6 is 0 Å². The lowest BCUT2D eigenvalue weighted by molar-refractivity contribution is 0.535. The molecular formula is C10H11F2NO4S2. The zero-order valence-corrected chi connectivity index (χ0v) is 11.3. The number of benzene rings is 1. The molecule has 1 aliphatic heterocycles. The molecule has 1 fully saturated rings. The lowest BCUT2D eigenvalue weighted by Gasteiger charge is -2.12. The molecule has 1 saturated heterocycles. The van der Waals surface area contributed by atoms with Gasteiger partial charge in [0.2, 0.25) is 10.0 Å². The molecule has 0 bridgehead atoms. The molecule has 2 rings (SSSR count). The van der Waals surface area contributed by atoms with E-state index in [-0.39, 0.29) is 17.9 Å². The summed E-state index contributed by atoms with van der Waals surface area (Å²) in [7, 11) is -7.45. The molecule has 1 aliphatic rings. The maximum absolute atomic E-state index is 13.4. The fourth-order valence-electron chi connectivity index (χ4n) is 1.86. The molecule has 1 aromatic rings. The Morgan fingerprint density at radius 2 is 1.95 bits per heavy atom. The third-order valence-electron chi connectivity index (χ3n) is 2.74. The first-order chi connectivity index (χ1) is 8.70. The van der Waals surface area contributed by atoms with Crippen molar-refractivity contribution >= 4 is 19.9 Å². The first-order valence-corrected chi connectivity index (χ1v) is 8.68. The minimum absolute atomic E-state index is 0.105. The summed E-state index contributed by atoms with van der Waals surface area (Å²) in [5.74, 6) is -2.52. The summed E-state index contributed by atoms with van der Waals surface area (Å²) in [6.07, 6.45) is 0.143. The zero-order valence-electron chi connectivity index (χ0n) is 9.64. The second-order valence-electron chi connectivity index (χ2n) is 4.30. The summed E-state index contributed by atoms with van der Waals surface area (Å²) in [5.41, 5.74) is 0. The molecule has 1 N–H and O–H groups in total. The molecule has 1 heterocycles. The topological polar surface area (TPSA) is 80.3 Å². The number of rotatable bonds is 3. The average Bonchev–Trinajstić information content (AvgIpc) is 2.56. The van der Waals surface area contributed by atoms with Gasteiger partial charge < -0.3 is 0 Å². The largest absolute Gasteiger partial charge is 0.243 e. The highest BCUT2D eigenvalue weighted by molar-refractivity contribution is 7.92. The molecule has 0 aromatic heterocycles. The minimum atomic E-state index is -4.20. The van der Waals surface area contributed by atoms with Crippen LogP contribution in [0.1, 0.15) is 6.42 Å². The van der Waals surface area contributed by atoms with Gasteiger partial charge in [-0.15, -0.1) is 0 Å². The SMILES string of the molecule is O=S1(=O)CCC(NS(=O)(=O)c2ccc(F)cc2F)C1. The molecule has 0 radical (unpaired) electrons. The van der Waals surface area contributed by atoms with Crippen molar-refractivity contribution in [2.45, 2.75) is 17.4 Å². The van der Waals surface area contributed by atoms with E-state index in [9.17, 15) is 25.6 Å². The third kappa shape index (κ3) is 3.28. The van der Waals surface area contributed by atoms with Crippen LogP contribution in [0.3, 0.4) is 0 Å². The number of sulfonamides is 1. The van der Waals surface area contributed by atoms with E-state index in [4.69, 9.17) is 0 Å². The van der Waals surface area contributed by atoms with Gasteiger partial charge in [-0.3, -0.25) is 0 Å². The number of nitrogens with one attached hydrogen (secondary N) is 1. The van der Waals surface area contributed by atoms with Gasteiger partial charge in [-0.2, -0.15) is 0 Å². The highest BCUT2D eigenvalue weighted by Crippen LogP contribution is 2.18. The monoisotopic (exact) mass is 311 g/mol. The van der Waals surface area contributed by atoms with Crippen LogP contribution in [0.15, 0.2) is 23.1 Å². The quantitative estimate of drug-likeness (QED) is 0.878. The van der Waals surface area contributed by atoms with Crippen LogP contribution in [0, 0.1) is 11.6 Å². The molecule has 0 spiro atoms. The smallest absolute Gasteiger partial charge is 0.229 e. The Balaban J connectivity index is 2.24. The molecular weight excluding hydrogens is 300 g/mol. The van der Waals surface area contributed by atoms with E-state index in [0.29, 0.717) is 6.07 Å². The number of sulfone groups is 1. The predicted octanol–water partition coefficient (Wildman–Crippen LogP) is 0.430. The molecule has 0 aliphatic carbocycles. The van der Waals surface area contributed by atoms with Gasteiger partial charge in [0.05, 0.1) is 11.5 Å². The van der Waals surface area contributed by atoms with Crippen LogP contribution in [0.25, 0.3) is 0 Å². The first kappa shape index (κ1) is 14.4. The van der Waals surface area contributed by atoms with Crippen LogP contribution in [0.5, 0.6) is 0 Å². The number of hydrogen-bond acceptors (Lipinski definition) is 4. The van der Waals surface area contributed by atoms with Crippen molar-refractivity contribution in [3.8, 4) is 0 Å². The summed E-state index contributed by atoms with van der Waals surface area (Å²) in [6, 6.07) is 1.30. The van der Waals surface area contributed by atoms with Crippen LogP contribution < -0.4 is 4.72 Å². The molecule has 0 amide bonds. The van der Waals surface area contributed by atoms with Crippen molar-refractivity contribution in [1.29, 1.82) is 0 Å². The van der Waals surface area contributed by atoms with E-state index in [0.717, 1.165) is 12.1 Å². The van der Waals surface area contributed by atoms with E-state index in [1.165, 1.54) is 0 Å². The maximum atomic E-state index is 13.4. The van der Waals surface area contributed by atoms with Crippen LogP contribution in [0.4, 0.5) is 8.78 Å². The summed E-state index contributed by atoms with van der Waals surface area (Å²) >= 11 is 0. The molecule has 106 valence electrons. The standard InChI is InChI=1S/C10H11F2NO4S2/c11-7-1-2-10(9(12)5-7)19(16,17)13-8-3-4-18(14,15)6-8/h1-2,5,8,13H,3-4,6H2. The van der Waals surface area contributed by atoms with Crippen molar-refractivity contribution in [2.75, 3.05) is 11.5 Å². The second-order valence-corrected chi connectivity index (χ2v) is 8.21. The zero-order chi connectivity index (χ0) is 14.3. The summed E-state index contributed by atoms with van der Waals surface area (Å²) in [6.45, 7) is 0. The molecule has 1 atom stereocenters. The molecule has 1 unspecified atom stereocenters. The Bertz CT molecular complexity index is 700. The van der Waals surface area contributed by atoms with E-state index in [2.05, 4.69) is 4.72 Å². The van der Waals surface area contributed by atoms with Crippen LogP contribution in [0.2, 0.25) is 0 Å². The fraction of sp³-hybridized carbons (Fsp3) is 0.400. The summed E-state index contributed by atoms with van der Waals surface area (Å²) in [5, 5.41) is 0. The minimum Gasteiger partial charge on any atom is -0.229 e. The van der Waals surface area contributed by atoms with Gasteiger partial charge in [-0.25, -0.2) is 30.3 Å². The van der Waals surface area contributed by atoms with Crippen molar-refractivity contribution in [3.05, 3.63) is 29.8 Å². The molecule has 0 saturated carbocycles. The lowest BCUT2D eigenvalue weighted by Crippen LogP contribution is -2.36. The average molecular weight is 311 g/mol. The van der Waals surface area contributed by atoms with Crippen LogP contribution in [-0.2, 0) is 19.9 Å². The maximum Gasteiger partial charge on any atom is 0.243 e. The highest BCUT2D eigenvalue weighted by atomic mass is 32.2. The lowest BCUT2D eigenvalue weighted by atomic mass is 10.3. The Morgan fingerprint density at radius 1 is 1.26 bits per heavy atom. The summed E-state index contributed by atoms with van der Waals surface area (Å²) in [4.78, 5) is -0.696. The fourth-order valence-corrected chi connectivity index (χ4v) is 4.97. The van der Waals surface area contributed by atoms with E-state index >= 15 is 0 Å². The first-order valence-electron chi connectivity index (χ1n) is 5.37. The van der Waals surface area contributed by atoms with Gasteiger partial charge in [-0.05, 0) is 18.6 Å². The van der Waals surface area contributed by atoms with Gasteiger partial charge in [0, 0.05) is 12.1 Å². The second kappa shape index (κ2) is 4.80. The van der Waals surface area contributed by atoms with Crippen LogP contribution in [-0.4, -0.2) is 34.4 Å². The van der Waals surface area contributed by atoms with Gasteiger partial charge in [0.15, 0.2) is 9.84 Å². The van der Waals surface area contributed by atoms with Gasteiger partial charge >= 0.3 is 0 Å².